The number of aryl methyl sites for hydroxylation is 1. The van der Waals surface area contributed by atoms with Gasteiger partial charge in [0.2, 0.25) is 10.0 Å². The van der Waals surface area contributed by atoms with Crippen LogP contribution in [0, 0.1) is 6.92 Å². The number of hydrogen-bond donors (Lipinski definition) is 1. The fraction of sp³-hybridized carbons (Fsp3) is 0.286. The minimum Gasteiger partial charge on any atom is -0.481 e. The van der Waals surface area contributed by atoms with Gasteiger partial charge in [0, 0.05) is 60.4 Å². The number of sulfonamides is 1. The van der Waals surface area contributed by atoms with Crippen molar-refractivity contribution in [3.05, 3.63) is 93.1 Å². The van der Waals surface area contributed by atoms with Crippen LogP contribution in [0.25, 0.3) is 11.1 Å². The Hall–Kier alpha value is -3.24. The van der Waals surface area contributed by atoms with Gasteiger partial charge in [-0.05, 0) is 48.4 Å². The zero-order valence-electron chi connectivity index (χ0n) is 20.7. The maximum absolute atomic E-state index is 13.4. The summed E-state index contributed by atoms with van der Waals surface area (Å²) in [7, 11) is -3.68. The van der Waals surface area contributed by atoms with Gasteiger partial charge in [-0.15, -0.1) is 0 Å². The zero-order valence-corrected chi connectivity index (χ0v) is 22.3. The lowest BCUT2D eigenvalue weighted by atomic mass is 9.96. The Morgan fingerprint density at radius 3 is 2.74 bits per heavy atom. The van der Waals surface area contributed by atoms with Crippen molar-refractivity contribution in [1.82, 2.24) is 19.8 Å². The van der Waals surface area contributed by atoms with E-state index in [-0.39, 0.29) is 24.1 Å². The van der Waals surface area contributed by atoms with E-state index in [1.165, 1.54) is 4.31 Å². The number of fused-ring (bicyclic) bond motifs is 3. The number of rotatable bonds is 4. The zero-order chi connectivity index (χ0) is 26.0. The Kier molecular flexibility index (Phi) is 5.59. The SMILES string of the molecule is Cc1ccc(S(=O)(=O)N2Cc3nccc(-c4cc(Cl)cc5c4OC(c4onc6c4CNCC6)C5)c3C2)cc1. The van der Waals surface area contributed by atoms with Crippen LogP contribution >= 0.6 is 11.6 Å². The van der Waals surface area contributed by atoms with Crippen molar-refractivity contribution < 1.29 is 17.7 Å². The molecule has 0 fully saturated rings. The van der Waals surface area contributed by atoms with Crippen molar-refractivity contribution in [3.63, 3.8) is 0 Å². The number of benzene rings is 2. The van der Waals surface area contributed by atoms with Crippen LogP contribution in [-0.4, -0.2) is 29.4 Å². The maximum Gasteiger partial charge on any atom is 0.243 e. The van der Waals surface area contributed by atoms with Gasteiger partial charge < -0.3 is 14.6 Å². The second-order valence-corrected chi connectivity index (χ2v) is 12.4. The summed E-state index contributed by atoms with van der Waals surface area (Å²) in [6.07, 6.45) is 2.87. The molecule has 0 radical (unpaired) electrons. The van der Waals surface area contributed by atoms with Crippen LogP contribution < -0.4 is 10.1 Å². The minimum absolute atomic E-state index is 0.211. The molecule has 2 aromatic heterocycles. The highest BCUT2D eigenvalue weighted by atomic mass is 35.5. The summed E-state index contributed by atoms with van der Waals surface area (Å²) < 4.78 is 40.6. The summed E-state index contributed by atoms with van der Waals surface area (Å²) in [5.74, 6) is 1.49. The normalized spacial score (nSPS) is 18.6. The highest BCUT2D eigenvalue weighted by Gasteiger charge is 2.37. The van der Waals surface area contributed by atoms with Gasteiger partial charge in [-0.1, -0.05) is 34.5 Å². The molecule has 3 aliphatic heterocycles. The summed E-state index contributed by atoms with van der Waals surface area (Å²) >= 11 is 6.59. The first-order chi connectivity index (χ1) is 18.4. The predicted molar refractivity (Wildman–Crippen MR) is 141 cm³/mol. The molecule has 4 aromatic rings. The molecule has 7 rings (SSSR count). The summed E-state index contributed by atoms with van der Waals surface area (Å²) in [6, 6.07) is 12.6. The number of hydrogen-bond acceptors (Lipinski definition) is 7. The van der Waals surface area contributed by atoms with Gasteiger partial charge in [-0.2, -0.15) is 4.31 Å². The van der Waals surface area contributed by atoms with Gasteiger partial charge in [-0.25, -0.2) is 8.42 Å². The molecule has 194 valence electrons. The average molecular weight is 549 g/mol. The molecule has 5 heterocycles. The van der Waals surface area contributed by atoms with Gasteiger partial charge in [0.05, 0.1) is 22.8 Å². The Balaban J connectivity index is 1.24. The maximum atomic E-state index is 13.4. The molecule has 10 heteroatoms. The van der Waals surface area contributed by atoms with Gasteiger partial charge in [0.15, 0.2) is 11.9 Å². The molecule has 1 unspecified atom stereocenters. The van der Waals surface area contributed by atoms with E-state index >= 15 is 0 Å². The van der Waals surface area contributed by atoms with Gasteiger partial charge >= 0.3 is 0 Å². The van der Waals surface area contributed by atoms with Crippen LogP contribution in [0.4, 0.5) is 0 Å². The highest BCUT2D eigenvalue weighted by Crippen LogP contribution is 2.47. The van der Waals surface area contributed by atoms with E-state index in [1.54, 1.807) is 18.3 Å². The molecular formula is C28H25ClN4O4S. The van der Waals surface area contributed by atoms with E-state index in [0.717, 1.165) is 69.2 Å². The first-order valence-electron chi connectivity index (χ1n) is 12.6. The predicted octanol–water partition coefficient (Wildman–Crippen LogP) is 4.72. The third kappa shape index (κ3) is 3.84. The number of ether oxygens (including phenoxy) is 1. The van der Waals surface area contributed by atoms with Crippen molar-refractivity contribution in [2.24, 2.45) is 0 Å². The standard InChI is InChI=1S/C28H25ClN4O4S/c1-16-2-4-19(5-3-16)38(34,35)33-14-23-20(6-9-31-25(23)15-33)21-12-18(29)10-17-11-26(36-27(17)21)28-22-13-30-8-7-24(22)32-37-28/h2-6,9-10,12,26,30H,7-8,11,13-15H2,1H3. The van der Waals surface area contributed by atoms with Crippen molar-refractivity contribution in [3.8, 4) is 16.9 Å². The van der Waals surface area contributed by atoms with Crippen molar-refractivity contribution in [2.75, 3.05) is 6.54 Å². The smallest absolute Gasteiger partial charge is 0.243 e. The Morgan fingerprint density at radius 2 is 1.89 bits per heavy atom. The molecule has 3 aliphatic rings. The second kappa shape index (κ2) is 8.91. The molecule has 0 aliphatic carbocycles. The Morgan fingerprint density at radius 1 is 1.05 bits per heavy atom. The number of nitrogens with zero attached hydrogens (tertiary/aromatic N) is 3. The van der Waals surface area contributed by atoms with Crippen LogP contribution in [0.15, 0.2) is 58.1 Å². The lowest BCUT2D eigenvalue weighted by Gasteiger charge is -2.17. The van der Waals surface area contributed by atoms with E-state index in [1.807, 2.05) is 37.3 Å². The number of halogens is 1. The van der Waals surface area contributed by atoms with E-state index in [2.05, 4.69) is 15.5 Å². The first-order valence-corrected chi connectivity index (χ1v) is 14.4. The third-order valence-corrected chi connectivity index (χ3v) is 9.61. The summed E-state index contributed by atoms with van der Waals surface area (Å²) in [5, 5.41) is 8.25. The van der Waals surface area contributed by atoms with Crippen molar-refractivity contribution in [2.45, 2.75) is 50.4 Å². The topological polar surface area (TPSA) is 97.6 Å². The lowest BCUT2D eigenvalue weighted by molar-refractivity contribution is 0.189. The number of pyridine rings is 1. The fourth-order valence-electron chi connectivity index (χ4n) is 5.62. The molecule has 0 saturated heterocycles. The van der Waals surface area contributed by atoms with Crippen LogP contribution in [0.5, 0.6) is 5.75 Å². The first kappa shape index (κ1) is 23.8. The van der Waals surface area contributed by atoms with E-state index < -0.39 is 10.0 Å². The fourth-order valence-corrected chi connectivity index (χ4v) is 7.23. The monoisotopic (exact) mass is 548 g/mol. The molecule has 2 aromatic carbocycles. The van der Waals surface area contributed by atoms with Gasteiger partial charge in [0.1, 0.15) is 5.75 Å². The van der Waals surface area contributed by atoms with Crippen molar-refractivity contribution >= 4 is 21.6 Å². The van der Waals surface area contributed by atoms with Crippen LogP contribution in [-0.2, 0) is 42.5 Å². The van der Waals surface area contributed by atoms with Gasteiger partial charge in [-0.3, -0.25) is 4.98 Å². The Labute approximate surface area is 225 Å². The molecule has 0 amide bonds. The summed E-state index contributed by atoms with van der Waals surface area (Å²) in [4.78, 5) is 4.80. The molecule has 0 bridgehead atoms. The highest BCUT2D eigenvalue weighted by molar-refractivity contribution is 7.89. The molecular weight excluding hydrogens is 524 g/mol. The van der Waals surface area contributed by atoms with E-state index in [0.29, 0.717) is 18.0 Å². The summed E-state index contributed by atoms with van der Waals surface area (Å²) in [6.45, 7) is 3.96. The number of nitrogens with one attached hydrogen (secondary N) is 1. The van der Waals surface area contributed by atoms with E-state index in [4.69, 9.17) is 20.9 Å². The third-order valence-electron chi connectivity index (χ3n) is 7.58. The second-order valence-electron chi connectivity index (χ2n) is 10.0. The summed E-state index contributed by atoms with van der Waals surface area (Å²) in [5.41, 5.74) is 7.35. The molecule has 38 heavy (non-hydrogen) atoms. The van der Waals surface area contributed by atoms with Gasteiger partial charge in [0.25, 0.3) is 0 Å². The number of aromatic nitrogens is 2. The van der Waals surface area contributed by atoms with Crippen LogP contribution in [0.1, 0.15) is 45.5 Å². The lowest BCUT2D eigenvalue weighted by Crippen LogP contribution is -2.25. The van der Waals surface area contributed by atoms with E-state index in [9.17, 15) is 8.42 Å². The largest absolute Gasteiger partial charge is 0.481 e. The van der Waals surface area contributed by atoms with Crippen LogP contribution in [0.2, 0.25) is 5.02 Å². The Bertz CT molecular complexity index is 1680. The molecule has 8 nitrogen and oxygen atoms in total. The molecule has 1 N–H and O–H groups in total. The molecule has 0 spiro atoms. The quantitative estimate of drug-likeness (QED) is 0.394. The molecule has 1 atom stereocenters. The minimum atomic E-state index is -3.68. The molecule has 0 saturated carbocycles. The van der Waals surface area contributed by atoms with Crippen LogP contribution in [0.3, 0.4) is 0 Å². The van der Waals surface area contributed by atoms with Crippen molar-refractivity contribution in [1.29, 1.82) is 0 Å². The average Bonchev–Trinajstić information content (AvgIpc) is 3.64.